The lowest BCUT2D eigenvalue weighted by Gasteiger charge is -2.13. The van der Waals surface area contributed by atoms with Crippen LogP contribution in [0, 0.1) is 6.92 Å². The van der Waals surface area contributed by atoms with Gasteiger partial charge in [0.2, 0.25) is 0 Å². The van der Waals surface area contributed by atoms with Gasteiger partial charge in [-0.1, -0.05) is 33.6 Å². The van der Waals surface area contributed by atoms with Crippen molar-refractivity contribution in [1.82, 2.24) is 0 Å². The average Bonchev–Trinajstić information content (AvgIpc) is 2.82. The number of aryl methyl sites for hydroxylation is 2. The van der Waals surface area contributed by atoms with Crippen molar-refractivity contribution in [3.8, 4) is 0 Å². The van der Waals surface area contributed by atoms with Crippen LogP contribution in [-0.4, -0.2) is 5.11 Å². The van der Waals surface area contributed by atoms with Crippen molar-refractivity contribution in [3.63, 3.8) is 0 Å². The highest BCUT2D eigenvalue weighted by Crippen LogP contribution is 2.27. The molecule has 1 atom stereocenters. The van der Waals surface area contributed by atoms with Crippen LogP contribution in [0.4, 0.5) is 0 Å². The summed E-state index contributed by atoms with van der Waals surface area (Å²) in [5.74, 6) is 0. The van der Waals surface area contributed by atoms with Gasteiger partial charge in [0.05, 0.1) is 6.10 Å². The fraction of sp³-hybridized carbons (Fsp3) is 0.286. The van der Waals surface area contributed by atoms with E-state index in [1.807, 2.05) is 25.1 Å². The zero-order chi connectivity index (χ0) is 12.3. The highest BCUT2D eigenvalue weighted by Gasteiger charge is 2.11. The third-order valence-corrected chi connectivity index (χ3v) is 4.25. The first kappa shape index (κ1) is 12.8. The third kappa shape index (κ3) is 3.41. The van der Waals surface area contributed by atoms with Crippen LogP contribution in [0.25, 0.3) is 0 Å². The molecule has 2 aromatic rings. The Bertz CT molecular complexity index is 479. The molecule has 0 aliphatic rings. The summed E-state index contributed by atoms with van der Waals surface area (Å²) >= 11 is 5.19. The molecule has 1 aromatic carbocycles. The molecule has 17 heavy (non-hydrogen) atoms. The van der Waals surface area contributed by atoms with Gasteiger partial charge in [-0.3, -0.25) is 0 Å². The Morgan fingerprint density at radius 2 is 2.18 bits per heavy atom. The van der Waals surface area contributed by atoms with E-state index >= 15 is 0 Å². The fourth-order valence-electron chi connectivity index (χ4n) is 1.81. The second kappa shape index (κ2) is 5.80. The summed E-state index contributed by atoms with van der Waals surface area (Å²) in [5, 5.41) is 14.4. The fourth-order valence-corrected chi connectivity index (χ4v) is 3.03. The minimum Gasteiger partial charge on any atom is -0.388 e. The highest BCUT2D eigenvalue weighted by molar-refractivity contribution is 9.10. The minimum absolute atomic E-state index is 0.399. The summed E-state index contributed by atoms with van der Waals surface area (Å²) in [7, 11) is 0. The third-order valence-electron chi connectivity index (χ3n) is 2.80. The number of aliphatic hydroxyl groups is 1. The summed E-state index contributed by atoms with van der Waals surface area (Å²) in [6.07, 6.45) is 1.29. The van der Waals surface area contributed by atoms with Gasteiger partial charge in [-0.15, -0.1) is 0 Å². The van der Waals surface area contributed by atoms with Gasteiger partial charge < -0.3 is 5.11 Å². The number of hydrogen-bond donors (Lipinski definition) is 1. The smallest absolute Gasteiger partial charge is 0.0804 e. The van der Waals surface area contributed by atoms with Gasteiger partial charge >= 0.3 is 0 Å². The van der Waals surface area contributed by atoms with Crippen LogP contribution < -0.4 is 0 Å². The van der Waals surface area contributed by atoms with Crippen molar-refractivity contribution in [2.45, 2.75) is 25.9 Å². The van der Waals surface area contributed by atoms with Crippen molar-refractivity contribution >= 4 is 27.3 Å². The van der Waals surface area contributed by atoms with Gasteiger partial charge in [0.25, 0.3) is 0 Å². The molecule has 1 nitrogen and oxygen atoms in total. The van der Waals surface area contributed by atoms with E-state index in [0.29, 0.717) is 0 Å². The van der Waals surface area contributed by atoms with Gasteiger partial charge in [-0.05, 0) is 53.8 Å². The zero-order valence-electron chi connectivity index (χ0n) is 9.69. The monoisotopic (exact) mass is 310 g/mol. The maximum absolute atomic E-state index is 10.2. The molecule has 1 aromatic heterocycles. The van der Waals surface area contributed by atoms with Gasteiger partial charge in [0, 0.05) is 4.47 Å². The van der Waals surface area contributed by atoms with E-state index in [1.54, 1.807) is 11.3 Å². The first-order valence-electron chi connectivity index (χ1n) is 5.62. The Balaban J connectivity index is 2.04. The van der Waals surface area contributed by atoms with Crippen LogP contribution in [-0.2, 0) is 6.42 Å². The second-order valence-electron chi connectivity index (χ2n) is 4.21. The Labute approximate surface area is 114 Å². The van der Waals surface area contributed by atoms with E-state index in [2.05, 4.69) is 32.8 Å². The topological polar surface area (TPSA) is 20.2 Å². The standard InChI is InChI=1S/C14H15BrOS/c1-10-2-4-13(15)12(8-10)14(16)5-3-11-6-7-17-9-11/h2,4,6-9,14,16H,3,5H2,1H3. The van der Waals surface area contributed by atoms with Gasteiger partial charge in [0.1, 0.15) is 0 Å². The molecule has 0 saturated carbocycles. The van der Waals surface area contributed by atoms with E-state index < -0.39 is 6.10 Å². The number of benzene rings is 1. The number of rotatable bonds is 4. The lowest BCUT2D eigenvalue weighted by Crippen LogP contribution is -2.00. The lowest BCUT2D eigenvalue weighted by atomic mass is 10.0. The lowest BCUT2D eigenvalue weighted by molar-refractivity contribution is 0.167. The molecule has 3 heteroatoms. The van der Waals surface area contributed by atoms with Crippen molar-refractivity contribution in [1.29, 1.82) is 0 Å². The first-order chi connectivity index (χ1) is 8.16. The summed E-state index contributed by atoms with van der Waals surface area (Å²) in [4.78, 5) is 0. The van der Waals surface area contributed by atoms with Crippen molar-refractivity contribution < 1.29 is 5.11 Å². The van der Waals surface area contributed by atoms with Crippen LogP contribution >= 0.6 is 27.3 Å². The van der Waals surface area contributed by atoms with E-state index in [9.17, 15) is 5.11 Å². The highest BCUT2D eigenvalue weighted by atomic mass is 79.9. The Kier molecular flexibility index (Phi) is 4.37. The molecule has 90 valence electrons. The molecule has 1 heterocycles. The molecular formula is C14H15BrOS. The summed E-state index contributed by atoms with van der Waals surface area (Å²) < 4.78 is 0.987. The van der Waals surface area contributed by atoms with E-state index in [0.717, 1.165) is 22.9 Å². The van der Waals surface area contributed by atoms with E-state index in [4.69, 9.17) is 0 Å². The molecule has 2 rings (SSSR count). The molecule has 0 bridgehead atoms. The predicted molar refractivity (Wildman–Crippen MR) is 76.5 cm³/mol. The number of aliphatic hydroxyl groups excluding tert-OH is 1. The number of thiophene rings is 1. The normalized spacial score (nSPS) is 12.6. The SMILES string of the molecule is Cc1ccc(Br)c(C(O)CCc2ccsc2)c1. The van der Waals surface area contributed by atoms with Crippen LogP contribution in [0.15, 0.2) is 39.5 Å². The molecule has 0 fully saturated rings. The van der Waals surface area contributed by atoms with Crippen LogP contribution in [0.2, 0.25) is 0 Å². The Hall–Kier alpha value is -0.640. The van der Waals surface area contributed by atoms with E-state index in [1.165, 1.54) is 11.1 Å². The van der Waals surface area contributed by atoms with Crippen molar-refractivity contribution in [2.24, 2.45) is 0 Å². The molecule has 1 unspecified atom stereocenters. The zero-order valence-corrected chi connectivity index (χ0v) is 12.1. The summed E-state index contributed by atoms with van der Waals surface area (Å²) in [5.41, 5.74) is 3.47. The van der Waals surface area contributed by atoms with Crippen LogP contribution in [0.1, 0.15) is 29.2 Å². The summed E-state index contributed by atoms with van der Waals surface area (Å²) in [6, 6.07) is 8.20. The predicted octanol–water partition coefficient (Wildman–Crippen LogP) is 4.49. The molecule has 0 saturated heterocycles. The maximum atomic E-state index is 10.2. The average molecular weight is 311 g/mol. The molecular weight excluding hydrogens is 296 g/mol. The first-order valence-corrected chi connectivity index (χ1v) is 7.35. The number of hydrogen-bond acceptors (Lipinski definition) is 2. The molecule has 0 aliphatic carbocycles. The van der Waals surface area contributed by atoms with Gasteiger partial charge in [-0.25, -0.2) is 0 Å². The molecule has 0 radical (unpaired) electrons. The Morgan fingerprint density at radius 1 is 1.35 bits per heavy atom. The Morgan fingerprint density at radius 3 is 2.88 bits per heavy atom. The number of halogens is 1. The van der Waals surface area contributed by atoms with Gasteiger partial charge in [0.15, 0.2) is 0 Å². The minimum atomic E-state index is -0.399. The van der Waals surface area contributed by atoms with E-state index in [-0.39, 0.29) is 0 Å². The largest absolute Gasteiger partial charge is 0.388 e. The van der Waals surface area contributed by atoms with Crippen LogP contribution in [0.3, 0.4) is 0 Å². The van der Waals surface area contributed by atoms with Gasteiger partial charge in [-0.2, -0.15) is 11.3 Å². The summed E-state index contributed by atoms with van der Waals surface area (Å²) in [6.45, 7) is 2.04. The quantitative estimate of drug-likeness (QED) is 0.882. The molecule has 0 aliphatic heterocycles. The molecule has 1 N–H and O–H groups in total. The van der Waals surface area contributed by atoms with Crippen LogP contribution in [0.5, 0.6) is 0 Å². The molecule has 0 amide bonds. The maximum Gasteiger partial charge on any atom is 0.0804 e. The molecule has 0 spiro atoms. The second-order valence-corrected chi connectivity index (χ2v) is 5.85. The van der Waals surface area contributed by atoms with Crippen molar-refractivity contribution in [3.05, 3.63) is 56.2 Å². The van der Waals surface area contributed by atoms with Crippen molar-refractivity contribution in [2.75, 3.05) is 0 Å².